The number of carbonyl (C=O) groups is 1. The maximum absolute atomic E-state index is 10.6. The summed E-state index contributed by atoms with van der Waals surface area (Å²) in [5.41, 5.74) is 6.23. The first-order chi connectivity index (χ1) is 8.99. The summed E-state index contributed by atoms with van der Waals surface area (Å²) in [6.07, 6.45) is 0. The zero-order chi connectivity index (χ0) is 14.0. The summed E-state index contributed by atoms with van der Waals surface area (Å²) in [6, 6.07) is 4.86. The van der Waals surface area contributed by atoms with Gasteiger partial charge in [-0.3, -0.25) is 9.36 Å². The van der Waals surface area contributed by atoms with Crippen molar-refractivity contribution < 1.29 is 9.90 Å². The van der Waals surface area contributed by atoms with E-state index in [2.05, 4.69) is 10.2 Å². The summed E-state index contributed by atoms with van der Waals surface area (Å²) >= 11 is 13.0. The van der Waals surface area contributed by atoms with Crippen molar-refractivity contribution in [2.75, 3.05) is 11.5 Å². The van der Waals surface area contributed by atoms with E-state index in [1.54, 1.807) is 18.2 Å². The van der Waals surface area contributed by atoms with E-state index in [9.17, 15) is 4.79 Å². The topological polar surface area (TPSA) is 94.0 Å². The Morgan fingerprint density at radius 2 is 2.16 bits per heavy atom. The predicted molar refractivity (Wildman–Crippen MR) is 74.2 cm³/mol. The average molecular weight is 319 g/mol. The Bertz CT molecular complexity index is 632. The molecule has 0 spiro atoms. The lowest BCUT2D eigenvalue weighted by atomic mass is 10.3. The van der Waals surface area contributed by atoms with Gasteiger partial charge in [0.05, 0.1) is 16.5 Å². The molecule has 0 aliphatic heterocycles. The van der Waals surface area contributed by atoms with Crippen LogP contribution < -0.4 is 5.73 Å². The number of rotatable bonds is 4. The van der Waals surface area contributed by atoms with E-state index in [1.165, 1.54) is 4.57 Å². The van der Waals surface area contributed by atoms with Gasteiger partial charge in [0.15, 0.2) is 5.16 Å². The number of thioether (sulfide) groups is 1. The first-order valence-electron chi connectivity index (χ1n) is 5.00. The molecule has 100 valence electrons. The molecule has 2 rings (SSSR count). The standard InChI is InChI=1S/C10H8Cl2N4O2S/c11-5-1-2-6(12)7(3-5)16-9(13)14-15-10(16)19-4-8(17)18/h1-3H,4H2,(H2,13,14)(H,17,18). The fourth-order valence-electron chi connectivity index (χ4n) is 1.38. The minimum Gasteiger partial charge on any atom is -0.481 e. The Kier molecular flexibility index (Phi) is 4.18. The van der Waals surface area contributed by atoms with Crippen molar-refractivity contribution in [3.05, 3.63) is 28.2 Å². The smallest absolute Gasteiger partial charge is 0.313 e. The Morgan fingerprint density at radius 3 is 2.84 bits per heavy atom. The Morgan fingerprint density at radius 1 is 1.42 bits per heavy atom. The van der Waals surface area contributed by atoms with Gasteiger partial charge in [0.2, 0.25) is 5.95 Å². The number of anilines is 1. The molecule has 0 radical (unpaired) electrons. The molecule has 0 amide bonds. The molecule has 3 N–H and O–H groups in total. The number of nitrogens with zero attached hydrogens (tertiary/aromatic N) is 3. The van der Waals surface area contributed by atoms with Crippen LogP contribution in [0.25, 0.3) is 5.69 Å². The monoisotopic (exact) mass is 318 g/mol. The molecule has 2 aromatic rings. The highest BCUT2D eigenvalue weighted by atomic mass is 35.5. The van der Waals surface area contributed by atoms with Gasteiger partial charge in [-0.25, -0.2) is 0 Å². The molecule has 0 fully saturated rings. The van der Waals surface area contributed by atoms with Crippen LogP contribution in [-0.4, -0.2) is 31.6 Å². The second-order valence-electron chi connectivity index (χ2n) is 3.45. The molecular formula is C10H8Cl2N4O2S. The van der Waals surface area contributed by atoms with Gasteiger partial charge in [-0.1, -0.05) is 35.0 Å². The van der Waals surface area contributed by atoms with E-state index in [1.807, 2.05) is 0 Å². The minimum absolute atomic E-state index is 0.108. The van der Waals surface area contributed by atoms with Crippen molar-refractivity contribution in [3.63, 3.8) is 0 Å². The maximum atomic E-state index is 10.6. The maximum Gasteiger partial charge on any atom is 0.313 e. The SMILES string of the molecule is Nc1nnc(SCC(=O)O)n1-c1cc(Cl)ccc1Cl. The van der Waals surface area contributed by atoms with E-state index < -0.39 is 5.97 Å². The van der Waals surface area contributed by atoms with E-state index in [0.29, 0.717) is 20.9 Å². The molecule has 0 saturated carbocycles. The highest BCUT2D eigenvalue weighted by molar-refractivity contribution is 7.99. The summed E-state index contributed by atoms with van der Waals surface area (Å²) < 4.78 is 1.46. The van der Waals surface area contributed by atoms with Crippen LogP contribution in [-0.2, 0) is 4.79 Å². The van der Waals surface area contributed by atoms with Crippen molar-refractivity contribution in [3.8, 4) is 5.69 Å². The van der Waals surface area contributed by atoms with Crippen LogP contribution in [0.5, 0.6) is 0 Å². The van der Waals surface area contributed by atoms with Crippen LogP contribution in [0, 0.1) is 0 Å². The highest BCUT2D eigenvalue weighted by Gasteiger charge is 2.16. The molecule has 1 aromatic heterocycles. The number of aliphatic carboxylic acids is 1. The lowest BCUT2D eigenvalue weighted by molar-refractivity contribution is -0.133. The van der Waals surface area contributed by atoms with Gasteiger partial charge in [0.1, 0.15) is 0 Å². The van der Waals surface area contributed by atoms with Gasteiger partial charge in [-0.05, 0) is 18.2 Å². The van der Waals surface area contributed by atoms with Gasteiger partial charge < -0.3 is 10.8 Å². The molecule has 0 saturated heterocycles. The number of carboxylic acids is 1. The number of aromatic nitrogens is 3. The van der Waals surface area contributed by atoms with E-state index in [4.69, 9.17) is 34.0 Å². The third kappa shape index (κ3) is 3.12. The minimum atomic E-state index is -0.963. The molecule has 0 aliphatic rings. The number of nitrogens with two attached hydrogens (primary N) is 1. The number of carboxylic acid groups (broad SMARTS) is 1. The largest absolute Gasteiger partial charge is 0.481 e. The summed E-state index contributed by atoms with van der Waals surface area (Å²) in [4.78, 5) is 10.6. The molecule has 19 heavy (non-hydrogen) atoms. The second-order valence-corrected chi connectivity index (χ2v) is 5.24. The Hall–Kier alpha value is -1.44. The number of halogens is 2. The average Bonchev–Trinajstić information content (AvgIpc) is 2.71. The predicted octanol–water partition coefficient (Wildman–Crippen LogP) is 2.33. The van der Waals surface area contributed by atoms with E-state index >= 15 is 0 Å². The molecule has 0 aliphatic carbocycles. The molecule has 1 heterocycles. The van der Waals surface area contributed by atoms with Crippen molar-refractivity contribution in [2.45, 2.75) is 5.16 Å². The highest BCUT2D eigenvalue weighted by Crippen LogP contribution is 2.30. The number of nitrogen functional groups attached to an aromatic ring is 1. The third-order valence-electron chi connectivity index (χ3n) is 2.13. The molecule has 0 unspecified atom stereocenters. The van der Waals surface area contributed by atoms with E-state index in [0.717, 1.165) is 11.8 Å². The van der Waals surface area contributed by atoms with Crippen molar-refractivity contribution in [1.29, 1.82) is 0 Å². The van der Waals surface area contributed by atoms with Gasteiger partial charge in [-0.15, -0.1) is 10.2 Å². The molecule has 6 nitrogen and oxygen atoms in total. The van der Waals surface area contributed by atoms with Crippen molar-refractivity contribution in [2.24, 2.45) is 0 Å². The summed E-state index contributed by atoms with van der Waals surface area (Å²) in [7, 11) is 0. The summed E-state index contributed by atoms with van der Waals surface area (Å²) in [5.74, 6) is -1.01. The Balaban J connectivity index is 2.46. The fraction of sp³-hybridized carbons (Fsp3) is 0.100. The normalized spacial score (nSPS) is 10.6. The Labute approximate surface area is 122 Å². The summed E-state index contributed by atoms with van der Waals surface area (Å²) in [5, 5.41) is 17.4. The molecule has 9 heteroatoms. The first-order valence-corrected chi connectivity index (χ1v) is 6.74. The van der Waals surface area contributed by atoms with Crippen LogP contribution in [0.15, 0.2) is 23.4 Å². The van der Waals surface area contributed by atoms with Crippen LogP contribution in [0.1, 0.15) is 0 Å². The molecule has 0 bridgehead atoms. The summed E-state index contributed by atoms with van der Waals surface area (Å²) in [6.45, 7) is 0. The van der Waals surface area contributed by atoms with E-state index in [-0.39, 0.29) is 11.7 Å². The van der Waals surface area contributed by atoms with Crippen LogP contribution in [0.2, 0.25) is 10.0 Å². The van der Waals surface area contributed by atoms with Gasteiger partial charge in [0, 0.05) is 5.02 Å². The van der Waals surface area contributed by atoms with Crippen LogP contribution >= 0.6 is 35.0 Å². The zero-order valence-corrected chi connectivity index (χ0v) is 11.7. The van der Waals surface area contributed by atoms with Gasteiger partial charge >= 0.3 is 5.97 Å². The van der Waals surface area contributed by atoms with Crippen LogP contribution in [0.4, 0.5) is 5.95 Å². The molecular weight excluding hydrogens is 311 g/mol. The number of benzene rings is 1. The lowest BCUT2D eigenvalue weighted by Crippen LogP contribution is -2.05. The first kappa shape index (κ1) is 14.0. The molecule has 0 atom stereocenters. The van der Waals surface area contributed by atoms with Gasteiger partial charge in [0.25, 0.3) is 0 Å². The zero-order valence-electron chi connectivity index (χ0n) is 9.38. The quantitative estimate of drug-likeness (QED) is 0.840. The van der Waals surface area contributed by atoms with Crippen molar-refractivity contribution >= 4 is 46.9 Å². The number of hydrogen-bond donors (Lipinski definition) is 2. The fourth-order valence-corrected chi connectivity index (χ4v) is 2.43. The third-order valence-corrected chi connectivity index (χ3v) is 3.60. The van der Waals surface area contributed by atoms with Crippen molar-refractivity contribution in [1.82, 2.24) is 14.8 Å². The molecule has 1 aromatic carbocycles. The van der Waals surface area contributed by atoms with Crippen LogP contribution in [0.3, 0.4) is 0 Å². The lowest BCUT2D eigenvalue weighted by Gasteiger charge is -2.09. The van der Waals surface area contributed by atoms with Gasteiger partial charge in [-0.2, -0.15) is 0 Å². The second kappa shape index (κ2) is 5.68. The number of hydrogen-bond acceptors (Lipinski definition) is 5.